The first-order valence-corrected chi connectivity index (χ1v) is 10.1. The van der Waals surface area contributed by atoms with E-state index in [0.29, 0.717) is 18.9 Å². The fourth-order valence-electron chi connectivity index (χ4n) is 2.79. The zero-order valence-corrected chi connectivity index (χ0v) is 18.7. The SMILES string of the molecule is CN(C)C(=O)Cn1ccc(NC(=O)N(Cc2cccc(Br)c2)Cc2ccnn2C)n1. The van der Waals surface area contributed by atoms with Crippen LogP contribution in [-0.4, -0.2) is 55.4 Å². The van der Waals surface area contributed by atoms with Crippen LogP contribution in [0.1, 0.15) is 11.3 Å². The van der Waals surface area contributed by atoms with Crippen molar-refractivity contribution in [2.24, 2.45) is 7.05 Å². The molecule has 3 aromatic rings. The third kappa shape index (κ3) is 5.69. The van der Waals surface area contributed by atoms with Gasteiger partial charge in [-0.3, -0.25) is 19.5 Å². The maximum atomic E-state index is 13.0. The average molecular weight is 474 g/mol. The Balaban J connectivity index is 1.74. The number of nitrogens with one attached hydrogen (secondary N) is 1. The first kappa shape index (κ1) is 21.6. The predicted molar refractivity (Wildman–Crippen MR) is 117 cm³/mol. The summed E-state index contributed by atoms with van der Waals surface area (Å²) in [6.07, 6.45) is 3.37. The summed E-state index contributed by atoms with van der Waals surface area (Å²) in [7, 11) is 5.22. The number of aromatic nitrogens is 4. The number of amides is 3. The van der Waals surface area contributed by atoms with E-state index < -0.39 is 0 Å². The summed E-state index contributed by atoms with van der Waals surface area (Å²) >= 11 is 3.47. The van der Waals surface area contributed by atoms with Crippen molar-refractivity contribution < 1.29 is 9.59 Å². The molecule has 0 atom stereocenters. The highest BCUT2D eigenvalue weighted by Crippen LogP contribution is 2.16. The van der Waals surface area contributed by atoms with E-state index in [1.54, 1.807) is 42.1 Å². The van der Waals surface area contributed by atoms with Gasteiger partial charge >= 0.3 is 6.03 Å². The van der Waals surface area contributed by atoms with Gasteiger partial charge < -0.3 is 9.80 Å². The summed E-state index contributed by atoms with van der Waals surface area (Å²) in [6.45, 7) is 0.907. The number of aryl methyl sites for hydroxylation is 1. The van der Waals surface area contributed by atoms with Gasteiger partial charge in [-0.05, 0) is 23.8 Å². The van der Waals surface area contributed by atoms with Crippen LogP contribution < -0.4 is 5.32 Å². The average Bonchev–Trinajstić information content (AvgIpc) is 3.30. The highest BCUT2D eigenvalue weighted by molar-refractivity contribution is 9.10. The van der Waals surface area contributed by atoms with Crippen LogP contribution in [0, 0.1) is 0 Å². The van der Waals surface area contributed by atoms with Crippen molar-refractivity contribution in [2.75, 3.05) is 19.4 Å². The molecule has 30 heavy (non-hydrogen) atoms. The summed E-state index contributed by atoms with van der Waals surface area (Å²) < 4.78 is 4.19. The second kappa shape index (κ2) is 9.57. The molecular weight excluding hydrogens is 450 g/mol. The van der Waals surface area contributed by atoms with Crippen LogP contribution in [0.2, 0.25) is 0 Å². The molecule has 0 fully saturated rings. The van der Waals surface area contributed by atoms with Crippen molar-refractivity contribution in [3.8, 4) is 0 Å². The Morgan fingerprint density at radius 2 is 1.97 bits per heavy atom. The van der Waals surface area contributed by atoms with E-state index in [-0.39, 0.29) is 18.5 Å². The topological polar surface area (TPSA) is 88.3 Å². The van der Waals surface area contributed by atoms with E-state index in [9.17, 15) is 9.59 Å². The lowest BCUT2D eigenvalue weighted by Crippen LogP contribution is -2.35. The maximum absolute atomic E-state index is 13.0. The van der Waals surface area contributed by atoms with E-state index in [0.717, 1.165) is 15.7 Å². The number of hydrogen-bond donors (Lipinski definition) is 1. The van der Waals surface area contributed by atoms with Gasteiger partial charge in [-0.2, -0.15) is 10.2 Å². The van der Waals surface area contributed by atoms with Crippen molar-refractivity contribution >= 4 is 33.7 Å². The van der Waals surface area contributed by atoms with Gasteiger partial charge in [0.25, 0.3) is 0 Å². The Morgan fingerprint density at radius 3 is 2.63 bits per heavy atom. The zero-order chi connectivity index (χ0) is 21.7. The molecule has 9 nitrogen and oxygen atoms in total. The molecule has 3 rings (SSSR count). The van der Waals surface area contributed by atoms with E-state index in [2.05, 4.69) is 31.4 Å². The molecule has 0 saturated carbocycles. The summed E-state index contributed by atoms with van der Waals surface area (Å²) in [6, 6.07) is 11.1. The fraction of sp³-hybridized carbons (Fsp3) is 0.300. The monoisotopic (exact) mass is 473 g/mol. The van der Waals surface area contributed by atoms with E-state index in [1.807, 2.05) is 37.4 Å². The van der Waals surface area contributed by atoms with Crippen LogP contribution >= 0.6 is 15.9 Å². The van der Waals surface area contributed by atoms with Crippen molar-refractivity contribution in [1.29, 1.82) is 0 Å². The van der Waals surface area contributed by atoms with Crippen molar-refractivity contribution in [3.05, 3.63) is 64.5 Å². The first-order valence-electron chi connectivity index (χ1n) is 9.32. The van der Waals surface area contributed by atoms with Crippen LogP contribution in [0.25, 0.3) is 0 Å². The molecule has 1 N–H and O–H groups in total. The maximum Gasteiger partial charge on any atom is 0.323 e. The Kier molecular flexibility index (Phi) is 6.88. The number of hydrogen-bond acceptors (Lipinski definition) is 4. The molecule has 158 valence electrons. The highest BCUT2D eigenvalue weighted by atomic mass is 79.9. The van der Waals surface area contributed by atoms with E-state index in [4.69, 9.17) is 0 Å². The normalized spacial score (nSPS) is 10.7. The Hall–Kier alpha value is -3.14. The lowest BCUT2D eigenvalue weighted by molar-refractivity contribution is -0.129. The molecule has 2 heterocycles. The van der Waals surface area contributed by atoms with Crippen LogP contribution in [0.15, 0.2) is 53.3 Å². The van der Waals surface area contributed by atoms with E-state index in [1.165, 1.54) is 9.58 Å². The second-order valence-corrected chi connectivity index (χ2v) is 7.96. The molecule has 0 aliphatic heterocycles. The fourth-order valence-corrected chi connectivity index (χ4v) is 3.24. The smallest absolute Gasteiger partial charge is 0.323 e. The molecule has 10 heteroatoms. The van der Waals surface area contributed by atoms with Gasteiger partial charge in [-0.25, -0.2) is 4.79 Å². The van der Waals surface area contributed by atoms with Crippen molar-refractivity contribution in [3.63, 3.8) is 0 Å². The largest absolute Gasteiger partial charge is 0.347 e. The molecule has 3 amide bonds. The molecule has 0 unspecified atom stereocenters. The minimum atomic E-state index is -0.291. The molecule has 2 aromatic heterocycles. The van der Waals surface area contributed by atoms with Crippen LogP contribution in [-0.2, 0) is 31.5 Å². The number of nitrogens with zero attached hydrogens (tertiary/aromatic N) is 6. The van der Waals surface area contributed by atoms with Crippen molar-refractivity contribution in [1.82, 2.24) is 29.4 Å². The molecule has 1 aromatic carbocycles. The molecule has 0 aliphatic carbocycles. The molecule has 0 bridgehead atoms. The zero-order valence-electron chi connectivity index (χ0n) is 17.1. The van der Waals surface area contributed by atoms with Crippen LogP contribution in [0.5, 0.6) is 0 Å². The molecule has 0 saturated heterocycles. The van der Waals surface area contributed by atoms with Gasteiger partial charge in [0.2, 0.25) is 5.91 Å². The van der Waals surface area contributed by atoms with Gasteiger partial charge in [0, 0.05) is 50.6 Å². The van der Waals surface area contributed by atoms with Gasteiger partial charge in [0.05, 0.1) is 12.2 Å². The number of halogens is 1. The second-order valence-electron chi connectivity index (χ2n) is 7.05. The molecular formula is C20H24BrN7O2. The minimum absolute atomic E-state index is 0.0801. The van der Waals surface area contributed by atoms with Crippen LogP contribution in [0.4, 0.5) is 10.6 Å². The number of carbonyl (C=O) groups is 2. The Morgan fingerprint density at radius 1 is 1.17 bits per heavy atom. The third-order valence-electron chi connectivity index (χ3n) is 4.50. The summed E-state index contributed by atoms with van der Waals surface area (Å²) in [5.74, 6) is 0.305. The van der Waals surface area contributed by atoms with Gasteiger partial charge in [0.1, 0.15) is 6.54 Å². The first-order chi connectivity index (χ1) is 14.3. The Bertz CT molecular complexity index is 1030. The number of carbonyl (C=O) groups excluding carboxylic acids is 2. The van der Waals surface area contributed by atoms with Crippen molar-refractivity contribution in [2.45, 2.75) is 19.6 Å². The van der Waals surface area contributed by atoms with Gasteiger partial charge in [0.15, 0.2) is 5.82 Å². The minimum Gasteiger partial charge on any atom is -0.347 e. The Labute approximate surface area is 183 Å². The highest BCUT2D eigenvalue weighted by Gasteiger charge is 2.18. The number of anilines is 1. The third-order valence-corrected chi connectivity index (χ3v) is 4.99. The van der Waals surface area contributed by atoms with Gasteiger partial charge in [-0.15, -0.1) is 0 Å². The summed E-state index contributed by atoms with van der Waals surface area (Å²) in [4.78, 5) is 28.1. The van der Waals surface area contributed by atoms with Gasteiger partial charge in [-0.1, -0.05) is 28.1 Å². The molecule has 0 aliphatic rings. The lowest BCUT2D eigenvalue weighted by Gasteiger charge is -2.23. The number of benzene rings is 1. The van der Waals surface area contributed by atoms with Crippen LogP contribution in [0.3, 0.4) is 0 Å². The van der Waals surface area contributed by atoms with E-state index >= 15 is 0 Å². The summed E-state index contributed by atoms with van der Waals surface area (Å²) in [5.41, 5.74) is 1.89. The lowest BCUT2D eigenvalue weighted by atomic mass is 10.2. The molecule has 0 spiro atoms. The number of likely N-dealkylation sites (N-methyl/N-ethyl adjacent to an activating group) is 1. The summed E-state index contributed by atoms with van der Waals surface area (Å²) in [5, 5.41) is 11.3. The molecule has 0 radical (unpaired) electrons. The number of urea groups is 1. The predicted octanol–water partition coefficient (Wildman–Crippen LogP) is 2.70. The number of rotatable bonds is 7. The quantitative estimate of drug-likeness (QED) is 0.571. The standard InChI is InChI=1S/C20H24BrN7O2/c1-25(2)19(29)14-28-10-8-18(24-28)23-20(30)27(13-17-7-9-22-26(17)3)12-15-5-4-6-16(21)11-15/h4-11H,12-14H2,1-3H3,(H,23,24,30).